The van der Waals surface area contributed by atoms with Crippen LogP contribution in [0.15, 0.2) is 200 Å². The third-order valence-electron chi connectivity index (χ3n) is 10.4. The van der Waals surface area contributed by atoms with Gasteiger partial charge in [-0.2, -0.15) is 0 Å². The van der Waals surface area contributed by atoms with Crippen molar-refractivity contribution in [3.05, 3.63) is 200 Å². The molecular weight excluding hydrogens is 652 g/mol. The first-order valence-electron chi connectivity index (χ1n) is 17.6. The molecule has 2 aromatic heterocycles. The molecular formula is C48H33N2OP. The Hall–Kier alpha value is -6.41. The minimum Gasteiger partial charge on any atom is -0.309 e. The van der Waals surface area contributed by atoms with Gasteiger partial charge in [0.2, 0.25) is 0 Å². The molecule has 0 amide bonds. The maximum Gasteiger partial charge on any atom is 0.171 e. The summed E-state index contributed by atoms with van der Waals surface area (Å²) in [5.41, 5.74) is 9.09. The van der Waals surface area contributed by atoms with E-state index in [0.717, 1.165) is 60.2 Å². The summed E-state index contributed by atoms with van der Waals surface area (Å²) in [6.45, 7) is 0. The average molecular weight is 685 g/mol. The Bertz CT molecular complexity index is 2920. The maximum absolute atomic E-state index is 15.5. The predicted molar refractivity (Wildman–Crippen MR) is 220 cm³/mol. The van der Waals surface area contributed by atoms with Crippen LogP contribution in [-0.2, 0) is 4.57 Å². The average Bonchev–Trinajstić information content (AvgIpc) is 3.73. The quantitative estimate of drug-likeness (QED) is 0.160. The van der Waals surface area contributed by atoms with Gasteiger partial charge in [-0.1, -0.05) is 127 Å². The van der Waals surface area contributed by atoms with E-state index >= 15 is 4.57 Å². The summed E-state index contributed by atoms with van der Waals surface area (Å²) in [5, 5.41) is 7.13. The van der Waals surface area contributed by atoms with Crippen LogP contribution in [-0.4, -0.2) is 9.13 Å². The van der Waals surface area contributed by atoms with Gasteiger partial charge in [0, 0.05) is 48.8 Å². The molecule has 0 saturated carbocycles. The highest BCUT2D eigenvalue weighted by molar-refractivity contribution is 7.85. The van der Waals surface area contributed by atoms with Gasteiger partial charge in [0.25, 0.3) is 0 Å². The molecule has 0 radical (unpaired) electrons. The number of para-hydroxylation sites is 3. The highest BCUT2D eigenvalue weighted by Gasteiger charge is 2.30. The van der Waals surface area contributed by atoms with Crippen LogP contribution in [0.3, 0.4) is 0 Å². The van der Waals surface area contributed by atoms with Crippen LogP contribution in [0.2, 0.25) is 0 Å². The summed E-state index contributed by atoms with van der Waals surface area (Å²) in [7, 11) is -3.18. The molecule has 0 spiro atoms. The summed E-state index contributed by atoms with van der Waals surface area (Å²) >= 11 is 0. The van der Waals surface area contributed by atoms with Crippen molar-refractivity contribution in [1.82, 2.24) is 9.13 Å². The van der Waals surface area contributed by atoms with Crippen molar-refractivity contribution in [3.8, 4) is 22.5 Å². The zero-order valence-electron chi connectivity index (χ0n) is 28.3. The molecule has 0 N–H and O–H groups in total. The van der Waals surface area contributed by atoms with Crippen molar-refractivity contribution in [2.24, 2.45) is 0 Å². The molecule has 246 valence electrons. The minimum absolute atomic E-state index is 0.824. The lowest BCUT2D eigenvalue weighted by molar-refractivity contribution is 0.592. The number of fused-ring (bicyclic) bond motifs is 6. The molecule has 0 fully saturated rings. The lowest BCUT2D eigenvalue weighted by atomic mass is 10.0. The fourth-order valence-electron chi connectivity index (χ4n) is 7.97. The van der Waals surface area contributed by atoms with Crippen LogP contribution in [0.4, 0.5) is 0 Å². The molecule has 0 aliphatic heterocycles. The van der Waals surface area contributed by atoms with E-state index in [4.69, 9.17) is 0 Å². The summed E-state index contributed by atoms with van der Waals surface area (Å²) < 4.78 is 20.2. The van der Waals surface area contributed by atoms with Gasteiger partial charge in [-0.3, -0.25) is 0 Å². The van der Waals surface area contributed by atoms with Crippen molar-refractivity contribution < 1.29 is 4.57 Å². The first kappa shape index (κ1) is 30.4. The normalized spacial score (nSPS) is 11.9. The third-order valence-corrected chi connectivity index (χ3v) is 13.4. The smallest absolute Gasteiger partial charge is 0.171 e. The van der Waals surface area contributed by atoms with Crippen molar-refractivity contribution >= 4 is 66.7 Å². The van der Waals surface area contributed by atoms with Crippen molar-refractivity contribution in [2.45, 2.75) is 0 Å². The highest BCUT2D eigenvalue weighted by Crippen LogP contribution is 2.44. The van der Waals surface area contributed by atoms with Gasteiger partial charge in [0.15, 0.2) is 7.14 Å². The topological polar surface area (TPSA) is 26.9 Å². The number of nitrogens with zero attached hydrogens (tertiary/aromatic N) is 2. The van der Waals surface area contributed by atoms with Crippen LogP contribution in [0.5, 0.6) is 0 Å². The van der Waals surface area contributed by atoms with Crippen molar-refractivity contribution in [3.63, 3.8) is 0 Å². The van der Waals surface area contributed by atoms with Crippen molar-refractivity contribution in [1.29, 1.82) is 0 Å². The molecule has 8 aromatic carbocycles. The Labute approximate surface area is 302 Å². The Balaban J connectivity index is 1.21. The van der Waals surface area contributed by atoms with E-state index < -0.39 is 7.14 Å². The van der Waals surface area contributed by atoms with E-state index in [1.54, 1.807) is 0 Å². The van der Waals surface area contributed by atoms with Crippen LogP contribution in [0.1, 0.15) is 0 Å². The lowest BCUT2D eigenvalue weighted by Gasteiger charge is -2.20. The second-order valence-electron chi connectivity index (χ2n) is 13.3. The molecule has 2 heterocycles. The lowest BCUT2D eigenvalue weighted by Crippen LogP contribution is -2.24. The number of rotatable bonds is 6. The van der Waals surface area contributed by atoms with Gasteiger partial charge >= 0.3 is 0 Å². The molecule has 0 unspecified atom stereocenters. The largest absolute Gasteiger partial charge is 0.309 e. The molecule has 10 aromatic rings. The Morgan fingerprint density at radius 3 is 1.21 bits per heavy atom. The number of hydrogen-bond acceptors (Lipinski definition) is 1. The molecule has 3 nitrogen and oxygen atoms in total. The molecule has 0 aliphatic rings. The molecule has 4 heteroatoms. The van der Waals surface area contributed by atoms with Gasteiger partial charge < -0.3 is 13.7 Å². The Kier molecular flexibility index (Phi) is 7.09. The summed E-state index contributed by atoms with van der Waals surface area (Å²) in [6.07, 6.45) is 0. The van der Waals surface area contributed by atoms with Gasteiger partial charge in [-0.25, -0.2) is 0 Å². The molecule has 0 aliphatic carbocycles. The van der Waals surface area contributed by atoms with E-state index in [2.05, 4.69) is 149 Å². The van der Waals surface area contributed by atoms with Crippen molar-refractivity contribution in [2.75, 3.05) is 0 Å². The van der Waals surface area contributed by atoms with E-state index in [9.17, 15) is 0 Å². The highest BCUT2D eigenvalue weighted by atomic mass is 31.2. The second-order valence-corrected chi connectivity index (χ2v) is 16.1. The minimum atomic E-state index is -3.18. The molecule has 10 rings (SSSR count). The SMILES string of the molecule is O=P(c1ccccc1)(c1ccccc1)c1ccc2c(c1)c1cc(-c3ccc4c(c3)c3ccccc3n4-c3ccccc3)ccc1n2-c1ccccc1. The van der Waals surface area contributed by atoms with E-state index in [-0.39, 0.29) is 0 Å². The van der Waals surface area contributed by atoms with Crippen LogP contribution in [0, 0.1) is 0 Å². The summed E-state index contributed by atoms with van der Waals surface area (Å²) in [6, 6.07) is 69.6. The van der Waals surface area contributed by atoms with E-state index in [0.29, 0.717) is 0 Å². The first-order valence-corrected chi connectivity index (χ1v) is 19.3. The predicted octanol–water partition coefficient (Wildman–Crippen LogP) is 11.2. The van der Waals surface area contributed by atoms with E-state index in [1.807, 2.05) is 60.7 Å². The van der Waals surface area contributed by atoms with E-state index in [1.165, 1.54) is 21.8 Å². The number of benzene rings is 8. The second kappa shape index (κ2) is 12.1. The van der Waals surface area contributed by atoms with Gasteiger partial charge in [0.05, 0.1) is 22.1 Å². The third kappa shape index (κ3) is 4.71. The van der Waals surface area contributed by atoms with Crippen LogP contribution in [0.25, 0.3) is 66.1 Å². The summed E-state index contributed by atoms with van der Waals surface area (Å²) in [4.78, 5) is 0. The fraction of sp³-hybridized carbons (Fsp3) is 0. The molecule has 0 saturated heterocycles. The zero-order chi connectivity index (χ0) is 34.6. The van der Waals surface area contributed by atoms with Crippen LogP contribution >= 0.6 is 7.14 Å². The zero-order valence-corrected chi connectivity index (χ0v) is 29.2. The van der Waals surface area contributed by atoms with Gasteiger partial charge in [0.1, 0.15) is 0 Å². The van der Waals surface area contributed by atoms with Gasteiger partial charge in [-0.15, -0.1) is 0 Å². The number of hydrogen-bond donors (Lipinski definition) is 0. The monoisotopic (exact) mass is 684 g/mol. The molecule has 0 bridgehead atoms. The first-order chi connectivity index (χ1) is 25.7. The number of aromatic nitrogens is 2. The molecule has 52 heavy (non-hydrogen) atoms. The fourth-order valence-corrected chi connectivity index (χ4v) is 10.6. The van der Waals surface area contributed by atoms with Crippen LogP contribution < -0.4 is 15.9 Å². The maximum atomic E-state index is 15.5. The molecule has 0 atom stereocenters. The van der Waals surface area contributed by atoms with Gasteiger partial charge in [-0.05, 0) is 83.9 Å². The standard InChI is InChI=1S/C48H33N2OP/c51-52(38-19-9-3-10-20-38,39-21-11-4-12-22-39)40-27-30-48-44(33-40)43-32-35(26-29-47(43)50(48)37-17-7-2-8-18-37)34-25-28-46-42(31-34)41-23-13-14-24-45(41)49(46)36-15-5-1-6-16-36/h1-33H. The Morgan fingerprint density at radius 1 is 0.308 bits per heavy atom. The summed E-state index contributed by atoms with van der Waals surface area (Å²) in [5.74, 6) is 0. The Morgan fingerprint density at radius 2 is 0.692 bits per heavy atom.